The Hall–Kier alpha value is -0.0800. The Bertz CT molecular complexity index is 108. The van der Waals surface area contributed by atoms with Crippen molar-refractivity contribution in [1.82, 2.24) is 4.90 Å². The van der Waals surface area contributed by atoms with Gasteiger partial charge in [0.15, 0.2) is 0 Å². The number of aliphatic hydroxyl groups excluding tert-OH is 1. The summed E-state index contributed by atoms with van der Waals surface area (Å²) >= 11 is 0. The van der Waals surface area contributed by atoms with Crippen LogP contribution in [0.2, 0.25) is 0 Å². The maximum Gasteiger partial charge on any atom is 0.0612 e. The topological polar surface area (TPSA) is 23.5 Å². The lowest BCUT2D eigenvalue weighted by Crippen LogP contribution is -2.49. The van der Waals surface area contributed by atoms with Gasteiger partial charge in [0.2, 0.25) is 0 Å². The van der Waals surface area contributed by atoms with Crippen molar-refractivity contribution >= 4 is 0 Å². The predicted octanol–water partition coefficient (Wildman–Crippen LogP) is 1.49. The maximum atomic E-state index is 9.16. The number of aliphatic hydroxyl groups is 1. The van der Waals surface area contributed by atoms with E-state index in [-0.39, 0.29) is 12.1 Å². The third kappa shape index (κ3) is 2.46. The van der Waals surface area contributed by atoms with Gasteiger partial charge in [0.05, 0.1) is 6.61 Å². The summed E-state index contributed by atoms with van der Waals surface area (Å²) < 4.78 is 0. The van der Waals surface area contributed by atoms with E-state index in [9.17, 15) is 0 Å². The van der Waals surface area contributed by atoms with Gasteiger partial charge < -0.3 is 5.11 Å². The standard InChI is InChI=1S/C9H21NO/c1-6-9(4,7-11)10(5)8(2)3/h8,11H,6-7H2,1-5H3. The fraction of sp³-hybridized carbons (Fsp3) is 1.00. The molecule has 0 rings (SSSR count). The van der Waals surface area contributed by atoms with Crippen LogP contribution in [0.15, 0.2) is 0 Å². The summed E-state index contributed by atoms with van der Waals surface area (Å²) in [7, 11) is 2.06. The highest BCUT2D eigenvalue weighted by atomic mass is 16.3. The first-order valence-corrected chi connectivity index (χ1v) is 4.31. The second kappa shape index (κ2) is 4.07. The van der Waals surface area contributed by atoms with Crippen molar-refractivity contribution in [3.05, 3.63) is 0 Å². The highest BCUT2D eigenvalue weighted by Crippen LogP contribution is 2.18. The van der Waals surface area contributed by atoms with Gasteiger partial charge in [-0.05, 0) is 34.2 Å². The Labute approximate surface area is 70.2 Å². The van der Waals surface area contributed by atoms with Crippen LogP contribution >= 0.6 is 0 Å². The fourth-order valence-electron chi connectivity index (χ4n) is 1.10. The second-order valence-electron chi connectivity index (χ2n) is 3.71. The van der Waals surface area contributed by atoms with Crippen LogP contribution in [0.3, 0.4) is 0 Å². The van der Waals surface area contributed by atoms with Crippen molar-refractivity contribution in [3.63, 3.8) is 0 Å². The lowest BCUT2D eigenvalue weighted by Gasteiger charge is -2.39. The molecule has 1 N–H and O–H groups in total. The van der Waals surface area contributed by atoms with E-state index >= 15 is 0 Å². The molecule has 0 aromatic heterocycles. The second-order valence-corrected chi connectivity index (χ2v) is 3.71. The van der Waals surface area contributed by atoms with E-state index in [1.54, 1.807) is 0 Å². The Balaban J connectivity index is 4.24. The summed E-state index contributed by atoms with van der Waals surface area (Å²) in [6, 6.07) is 0.493. The summed E-state index contributed by atoms with van der Waals surface area (Å²) in [5.74, 6) is 0. The summed E-state index contributed by atoms with van der Waals surface area (Å²) in [6.45, 7) is 8.72. The Morgan fingerprint density at radius 1 is 1.45 bits per heavy atom. The zero-order valence-electron chi connectivity index (χ0n) is 8.39. The van der Waals surface area contributed by atoms with Gasteiger partial charge in [-0.15, -0.1) is 0 Å². The molecule has 0 saturated carbocycles. The quantitative estimate of drug-likeness (QED) is 0.671. The molecule has 0 radical (unpaired) electrons. The zero-order chi connectivity index (χ0) is 9.07. The lowest BCUT2D eigenvalue weighted by atomic mass is 9.97. The first kappa shape index (κ1) is 10.9. The van der Waals surface area contributed by atoms with E-state index in [1.165, 1.54) is 0 Å². The molecule has 0 aromatic carbocycles. The average Bonchev–Trinajstić information content (AvgIpc) is 2.01. The van der Waals surface area contributed by atoms with Gasteiger partial charge in [0, 0.05) is 11.6 Å². The van der Waals surface area contributed by atoms with Gasteiger partial charge in [-0.3, -0.25) is 4.90 Å². The zero-order valence-corrected chi connectivity index (χ0v) is 8.39. The van der Waals surface area contributed by atoms with E-state index in [2.05, 4.69) is 39.6 Å². The lowest BCUT2D eigenvalue weighted by molar-refractivity contribution is 0.0388. The summed E-state index contributed by atoms with van der Waals surface area (Å²) in [5, 5.41) is 9.16. The highest BCUT2D eigenvalue weighted by molar-refractivity contribution is 4.83. The van der Waals surface area contributed by atoms with Gasteiger partial charge in [-0.2, -0.15) is 0 Å². The van der Waals surface area contributed by atoms with Crippen molar-refractivity contribution in [2.24, 2.45) is 0 Å². The van der Waals surface area contributed by atoms with Gasteiger partial charge in [-0.1, -0.05) is 6.92 Å². The molecule has 0 aromatic rings. The molecule has 0 heterocycles. The van der Waals surface area contributed by atoms with Crippen LogP contribution in [-0.4, -0.2) is 35.2 Å². The van der Waals surface area contributed by atoms with Gasteiger partial charge in [0.1, 0.15) is 0 Å². The third-order valence-corrected chi connectivity index (χ3v) is 2.73. The molecule has 0 fully saturated rings. The number of likely N-dealkylation sites (N-methyl/N-ethyl adjacent to an activating group) is 1. The van der Waals surface area contributed by atoms with E-state index < -0.39 is 0 Å². The normalized spacial score (nSPS) is 17.5. The minimum absolute atomic E-state index is 0.0475. The molecule has 68 valence electrons. The maximum absolute atomic E-state index is 9.16. The fourth-order valence-corrected chi connectivity index (χ4v) is 1.10. The molecular weight excluding hydrogens is 138 g/mol. The van der Waals surface area contributed by atoms with E-state index in [1.807, 2.05) is 0 Å². The Kier molecular flexibility index (Phi) is 4.04. The summed E-state index contributed by atoms with van der Waals surface area (Å²) in [5.41, 5.74) is -0.0475. The van der Waals surface area contributed by atoms with Crippen molar-refractivity contribution in [2.45, 2.75) is 45.7 Å². The van der Waals surface area contributed by atoms with Crippen LogP contribution in [0, 0.1) is 0 Å². The summed E-state index contributed by atoms with van der Waals surface area (Å²) in [4.78, 5) is 2.22. The number of rotatable bonds is 4. The molecule has 0 aliphatic heterocycles. The minimum atomic E-state index is -0.0475. The molecule has 1 unspecified atom stereocenters. The molecule has 11 heavy (non-hydrogen) atoms. The molecule has 0 bridgehead atoms. The van der Waals surface area contributed by atoms with E-state index in [0.717, 1.165) is 6.42 Å². The smallest absolute Gasteiger partial charge is 0.0612 e. The van der Waals surface area contributed by atoms with Crippen LogP contribution in [0.5, 0.6) is 0 Å². The SMILES string of the molecule is CCC(C)(CO)N(C)C(C)C. The molecule has 0 spiro atoms. The minimum Gasteiger partial charge on any atom is -0.394 e. The Morgan fingerprint density at radius 3 is 2.00 bits per heavy atom. The first-order chi connectivity index (χ1) is 4.98. The molecule has 0 amide bonds. The first-order valence-electron chi connectivity index (χ1n) is 4.31. The molecule has 0 saturated heterocycles. The van der Waals surface area contributed by atoms with Crippen molar-refractivity contribution in [3.8, 4) is 0 Å². The van der Waals surface area contributed by atoms with Crippen molar-refractivity contribution in [1.29, 1.82) is 0 Å². The predicted molar refractivity (Wildman–Crippen MR) is 48.7 cm³/mol. The molecule has 2 heteroatoms. The number of hydrogen-bond donors (Lipinski definition) is 1. The molecular formula is C9H21NO. The number of nitrogens with zero attached hydrogens (tertiary/aromatic N) is 1. The largest absolute Gasteiger partial charge is 0.394 e. The van der Waals surface area contributed by atoms with Crippen molar-refractivity contribution < 1.29 is 5.11 Å². The molecule has 0 aliphatic rings. The molecule has 2 nitrogen and oxygen atoms in total. The van der Waals surface area contributed by atoms with Crippen LogP contribution < -0.4 is 0 Å². The van der Waals surface area contributed by atoms with E-state index in [4.69, 9.17) is 5.11 Å². The monoisotopic (exact) mass is 159 g/mol. The van der Waals surface area contributed by atoms with Crippen LogP contribution in [0.25, 0.3) is 0 Å². The van der Waals surface area contributed by atoms with Crippen LogP contribution in [0.1, 0.15) is 34.1 Å². The van der Waals surface area contributed by atoms with Gasteiger partial charge in [0.25, 0.3) is 0 Å². The molecule has 1 atom stereocenters. The van der Waals surface area contributed by atoms with Gasteiger partial charge in [-0.25, -0.2) is 0 Å². The number of hydrogen-bond acceptors (Lipinski definition) is 2. The Morgan fingerprint density at radius 2 is 1.91 bits per heavy atom. The van der Waals surface area contributed by atoms with Gasteiger partial charge >= 0.3 is 0 Å². The average molecular weight is 159 g/mol. The third-order valence-electron chi connectivity index (χ3n) is 2.73. The highest BCUT2D eigenvalue weighted by Gasteiger charge is 2.27. The van der Waals surface area contributed by atoms with Crippen molar-refractivity contribution in [2.75, 3.05) is 13.7 Å². The summed E-state index contributed by atoms with van der Waals surface area (Å²) in [6.07, 6.45) is 0.984. The van der Waals surface area contributed by atoms with Crippen LogP contribution in [0.4, 0.5) is 0 Å². The van der Waals surface area contributed by atoms with E-state index in [0.29, 0.717) is 6.04 Å². The molecule has 0 aliphatic carbocycles. The van der Waals surface area contributed by atoms with Crippen LogP contribution in [-0.2, 0) is 0 Å².